The average Bonchev–Trinajstić information content (AvgIpc) is 3.61. The largest absolute Gasteiger partial charge is 0.256 e. The van der Waals surface area contributed by atoms with Crippen LogP contribution in [0, 0.1) is 0 Å². The summed E-state index contributed by atoms with van der Waals surface area (Å²) in [5.74, 6) is 0.718. The molecule has 1 unspecified atom stereocenters. The molecule has 1 aliphatic heterocycles. The lowest BCUT2D eigenvalue weighted by Gasteiger charge is -2.42. The maximum Gasteiger partial charge on any atom is 0.160 e. The summed E-state index contributed by atoms with van der Waals surface area (Å²) in [4.78, 5) is 18.0. The highest BCUT2D eigenvalue weighted by molar-refractivity contribution is 8.03. The third kappa shape index (κ3) is 5.48. The summed E-state index contributed by atoms with van der Waals surface area (Å²) >= 11 is 1.92. The Morgan fingerprint density at radius 3 is 1.92 bits per heavy atom. The molecular weight excluding hydrogens is 747 g/mol. The van der Waals surface area contributed by atoms with Crippen molar-refractivity contribution in [1.82, 2.24) is 15.0 Å². The molecule has 0 saturated heterocycles. The van der Waals surface area contributed by atoms with Crippen molar-refractivity contribution >= 4 is 22.5 Å². The summed E-state index contributed by atoms with van der Waals surface area (Å²) in [6, 6.07) is 65.7. The van der Waals surface area contributed by atoms with E-state index < -0.39 is 5.41 Å². The molecule has 0 N–H and O–H groups in total. The normalized spacial score (nSPS) is 16.1. The molecule has 4 heteroatoms. The van der Waals surface area contributed by atoms with Crippen LogP contribution in [0.1, 0.15) is 29.5 Å². The SMILES string of the molecule is C1=C2Sc3ccccc3C3(C2=CCC1)c1cc(-c2cccc(-c4nccc5ccccc45)c2)ccc1-c1ccc(-c2cc(-c4ccccc4)nc(-c4ccccc4)n2)cc13. The van der Waals surface area contributed by atoms with Crippen LogP contribution in [0.4, 0.5) is 0 Å². The maximum absolute atomic E-state index is 5.29. The van der Waals surface area contributed by atoms with Crippen LogP contribution in [0.3, 0.4) is 0 Å². The van der Waals surface area contributed by atoms with Crippen molar-refractivity contribution in [2.75, 3.05) is 0 Å². The number of rotatable bonds is 5. The molecule has 9 aromatic rings. The number of pyridine rings is 1. The van der Waals surface area contributed by atoms with Gasteiger partial charge in [0.25, 0.3) is 0 Å². The highest BCUT2D eigenvalue weighted by atomic mass is 32.2. The molecule has 0 saturated carbocycles. The van der Waals surface area contributed by atoms with Crippen LogP contribution in [0.25, 0.3) is 78.2 Å². The van der Waals surface area contributed by atoms with Crippen molar-refractivity contribution in [2.45, 2.75) is 23.2 Å². The van der Waals surface area contributed by atoms with Crippen molar-refractivity contribution in [2.24, 2.45) is 0 Å². The van der Waals surface area contributed by atoms with Crippen molar-refractivity contribution < 1.29 is 0 Å². The fraction of sp³-hybridized carbons (Fsp3) is 0.0536. The Morgan fingerprint density at radius 1 is 0.450 bits per heavy atom. The minimum atomic E-state index is -0.517. The molecule has 7 aromatic carbocycles. The molecule has 0 amide bonds. The van der Waals surface area contributed by atoms with Gasteiger partial charge in [0.15, 0.2) is 5.82 Å². The zero-order valence-electron chi connectivity index (χ0n) is 32.7. The van der Waals surface area contributed by atoms with Gasteiger partial charge in [-0.2, -0.15) is 0 Å². The highest BCUT2D eigenvalue weighted by Crippen LogP contribution is 2.65. The lowest BCUT2D eigenvalue weighted by molar-refractivity contribution is 0.724. The number of hydrogen-bond donors (Lipinski definition) is 0. The van der Waals surface area contributed by atoms with Gasteiger partial charge >= 0.3 is 0 Å². The summed E-state index contributed by atoms with van der Waals surface area (Å²) in [7, 11) is 0. The standard InChI is InChI=1S/C56H37N3S/c1-3-15-37(16-4-1)50-35-51(59-55(58-50)38-17-5-2-6-18-38)41-27-29-45-44-28-26-40(39-19-13-20-42(32-39)54-43-21-8-7-14-36(43)30-31-57-54)33-48(44)56(49(45)34-41)46-22-9-11-24-52(46)60-53-25-12-10-23-47(53)56/h1-9,11,13-35H,10,12H2. The number of allylic oxidation sites excluding steroid dienone is 3. The van der Waals surface area contributed by atoms with E-state index in [1.165, 1.54) is 59.7 Å². The number of hydrogen-bond acceptors (Lipinski definition) is 4. The summed E-state index contributed by atoms with van der Waals surface area (Å²) in [5.41, 5.74) is 16.8. The van der Waals surface area contributed by atoms with Gasteiger partial charge in [-0.25, -0.2) is 9.97 Å². The van der Waals surface area contributed by atoms with Gasteiger partial charge in [0.05, 0.1) is 22.5 Å². The van der Waals surface area contributed by atoms with Crippen molar-refractivity contribution in [3.63, 3.8) is 0 Å². The Balaban J connectivity index is 1.08. The minimum absolute atomic E-state index is 0.517. The monoisotopic (exact) mass is 783 g/mol. The number of benzene rings is 7. The fourth-order valence-corrected chi connectivity index (χ4v) is 11.0. The van der Waals surface area contributed by atoms with E-state index in [0.29, 0.717) is 0 Å². The Kier molecular flexibility index (Phi) is 8.14. The number of fused-ring (bicyclic) bond motifs is 10. The van der Waals surface area contributed by atoms with Gasteiger partial charge in [0.2, 0.25) is 0 Å². The third-order valence-corrected chi connectivity index (χ3v) is 13.6. The topological polar surface area (TPSA) is 38.7 Å². The van der Waals surface area contributed by atoms with E-state index in [1.54, 1.807) is 0 Å². The number of thioether (sulfide) groups is 1. The molecule has 0 bridgehead atoms. The van der Waals surface area contributed by atoms with Gasteiger partial charge in [-0.1, -0.05) is 170 Å². The molecule has 1 spiro atoms. The molecule has 282 valence electrons. The van der Waals surface area contributed by atoms with Crippen molar-refractivity contribution in [3.05, 3.63) is 228 Å². The molecule has 1 atom stereocenters. The van der Waals surface area contributed by atoms with Crippen LogP contribution in [-0.4, -0.2) is 15.0 Å². The summed E-state index contributed by atoms with van der Waals surface area (Å²) < 4.78 is 0. The molecule has 3 nitrogen and oxygen atoms in total. The van der Waals surface area contributed by atoms with E-state index in [1.807, 2.05) is 24.0 Å². The number of aromatic nitrogens is 3. The molecule has 3 heterocycles. The van der Waals surface area contributed by atoms with Gasteiger partial charge < -0.3 is 0 Å². The van der Waals surface area contributed by atoms with Crippen molar-refractivity contribution in [3.8, 4) is 67.4 Å². The summed E-state index contributed by atoms with van der Waals surface area (Å²) in [6.07, 6.45) is 8.97. The molecule has 60 heavy (non-hydrogen) atoms. The van der Waals surface area contributed by atoms with E-state index in [-0.39, 0.29) is 0 Å². The molecular formula is C56H37N3S. The third-order valence-electron chi connectivity index (χ3n) is 12.4. The Labute approximate surface area is 353 Å². The Morgan fingerprint density at radius 2 is 1.08 bits per heavy atom. The predicted molar refractivity (Wildman–Crippen MR) is 248 cm³/mol. The van der Waals surface area contributed by atoms with E-state index in [2.05, 4.69) is 188 Å². The van der Waals surface area contributed by atoms with Gasteiger partial charge in [-0.15, -0.1) is 0 Å². The highest BCUT2D eigenvalue weighted by Gasteiger charge is 2.52. The zero-order chi connectivity index (χ0) is 39.6. The van der Waals surface area contributed by atoms with E-state index >= 15 is 0 Å². The van der Waals surface area contributed by atoms with Crippen LogP contribution < -0.4 is 0 Å². The van der Waals surface area contributed by atoms with Crippen LogP contribution in [-0.2, 0) is 5.41 Å². The number of nitrogens with zero attached hydrogens (tertiary/aromatic N) is 3. The molecule has 2 aromatic heterocycles. The molecule has 2 aliphatic carbocycles. The van der Waals surface area contributed by atoms with Crippen molar-refractivity contribution in [1.29, 1.82) is 0 Å². The smallest absolute Gasteiger partial charge is 0.160 e. The van der Waals surface area contributed by atoms with Crippen LogP contribution in [0.5, 0.6) is 0 Å². The predicted octanol–water partition coefficient (Wildman–Crippen LogP) is 14.4. The first-order valence-electron chi connectivity index (χ1n) is 20.7. The van der Waals surface area contributed by atoms with E-state index in [9.17, 15) is 0 Å². The summed E-state index contributed by atoms with van der Waals surface area (Å²) in [6.45, 7) is 0. The van der Waals surface area contributed by atoms with E-state index in [0.717, 1.165) is 63.4 Å². The van der Waals surface area contributed by atoms with Crippen LogP contribution in [0.2, 0.25) is 0 Å². The second-order valence-electron chi connectivity index (χ2n) is 15.8. The van der Waals surface area contributed by atoms with Crippen LogP contribution in [0.15, 0.2) is 216 Å². The molecule has 0 radical (unpaired) electrons. The minimum Gasteiger partial charge on any atom is -0.256 e. The van der Waals surface area contributed by atoms with Gasteiger partial charge in [0.1, 0.15) is 0 Å². The van der Waals surface area contributed by atoms with Crippen LogP contribution >= 0.6 is 11.8 Å². The van der Waals surface area contributed by atoms with Gasteiger partial charge in [0, 0.05) is 43.6 Å². The first-order chi connectivity index (χ1) is 29.7. The second-order valence-corrected chi connectivity index (χ2v) is 16.9. The zero-order valence-corrected chi connectivity index (χ0v) is 33.5. The fourth-order valence-electron chi connectivity index (χ4n) is 9.72. The molecule has 3 aliphatic rings. The first-order valence-corrected chi connectivity index (χ1v) is 21.5. The quantitative estimate of drug-likeness (QED) is 0.174. The molecule has 0 fully saturated rings. The lowest BCUT2D eigenvalue weighted by Crippen LogP contribution is -2.34. The maximum atomic E-state index is 5.29. The molecule has 12 rings (SSSR count). The lowest BCUT2D eigenvalue weighted by atomic mass is 9.65. The summed E-state index contributed by atoms with van der Waals surface area (Å²) in [5, 5.41) is 2.35. The van der Waals surface area contributed by atoms with Gasteiger partial charge in [-0.05, 0) is 99.1 Å². The average molecular weight is 784 g/mol. The Bertz CT molecular complexity index is 3180. The Hall–Kier alpha value is -7.14. The second kappa shape index (κ2) is 14.0. The van der Waals surface area contributed by atoms with E-state index in [4.69, 9.17) is 15.0 Å². The first kappa shape index (κ1) is 34.9. The van der Waals surface area contributed by atoms with Gasteiger partial charge in [-0.3, -0.25) is 4.98 Å².